The maximum Gasteiger partial charge on any atom is 0.337 e. The van der Waals surface area contributed by atoms with E-state index in [2.05, 4.69) is 24.5 Å². The molecule has 0 radical (unpaired) electrons. The van der Waals surface area contributed by atoms with Gasteiger partial charge in [-0.15, -0.1) is 0 Å². The van der Waals surface area contributed by atoms with Gasteiger partial charge in [0.05, 0.1) is 16.1 Å². The summed E-state index contributed by atoms with van der Waals surface area (Å²) in [6.45, 7) is 8.24. The maximum absolute atomic E-state index is 13.2. The number of anilines is 3. The van der Waals surface area contributed by atoms with E-state index in [1.165, 1.54) is 12.1 Å². The molecule has 0 atom stereocenters. The summed E-state index contributed by atoms with van der Waals surface area (Å²) in [6.07, 6.45) is 4.27. The summed E-state index contributed by atoms with van der Waals surface area (Å²) >= 11 is 0. The summed E-state index contributed by atoms with van der Waals surface area (Å²) in [5.41, 5.74) is 2.85. The van der Waals surface area contributed by atoms with Crippen molar-refractivity contribution in [2.75, 3.05) is 40.7 Å². The number of aryl methyl sites for hydroxylation is 3. The van der Waals surface area contributed by atoms with Crippen LogP contribution in [0.5, 0.6) is 0 Å². The number of carboxylic acid groups (broad SMARTS) is 1. The molecular formula is C25H29N5O4S. The van der Waals surface area contributed by atoms with Crippen molar-refractivity contribution in [1.29, 1.82) is 0 Å². The predicted octanol–water partition coefficient (Wildman–Crippen LogP) is 3.62. The molecule has 2 N–H and O–H groups in total. The Labute approximate surface area is 205 Å². The zero-order valence-electron chi connectivity index (χ0n) is 20.0. The molecule has 2 heterocycles. The quantitative estimate of drug-likeness (QED) is 0.533. The largest absolute Gasteiger partial charge is 0.478 e. The number of aromatic carboxylic acids is 1. The van der Waals surface area contributed by atoms with Crippen molar-refractivity contribution in [2.45, 2.75) is 32.1 Å². The van der Waals surface area contributed by atoms with Crippen LogP contribution in [0.15, 0.2) is 53.7 Å². The maximum atomic E-state index is 13.2. The first kappa shape index (κ1) is 24.5. The third kappa shape index (κ3) is 5.37. The molecule has 2 aromatic carbocycles. The van der Waals surface area contributed by atoms with E-state index in [0.29, 0.717) is 30.2 Å². The number of aromatic nitrogens is 2. The van der Waals surface area contributed by atoms with E-state index in [1.54, 1.807) is 50.5 Å². The molecule has 0 unspecified atom stereocenters. The molecule has 1 saturated heterocycles. The highest BCUT2D eigenvalue weighted by atomic mass is 32.2. The number of nitrogens with one attached hydrogen (secondary N) is 1. The lowest BCUT2D eigenvalue weighted by molar-refractivity contribution is 0.0698. The van der Waals surface area contributed by atoms with Gasteiger partial charge in [-0.2, -0.15) is 0 Å². The van der Waals surface area contributed by atoms with E-state index in [4.69, 9.17) is 0 Å². The number of carboxylic acids is 1. The molecule has 4 rings (SSSR count). The van der Waals surface area contributed by atoms with Crippen molar-refractivity contribution in [3.05, 3.63) is 71.0 Å². The van der Waals surface area contributed by atoms with Gasteiger partial charge in [-0.25, -0.2) is 23.2 Å². The minimum absolute atomic E-state index is 0.0368. The molecule has 0 saturated carbocycles. The van der Waals surface area contributed by atoms with E-state index in [1.807, 2.05) is 6.92 Å². The van der Waals surface area contributed by atoms with Crippen LogP contribution in [0.25, 0.3) is 0 Å². The minimum Gasteiger partial charge on any atom is -0.478 e. The van der Waals surface area contributed by atoms with Crippen LogP contribution in [0, 0.1) is 20.8 Å². The first-order valence-electron chi connectivity index (χ1n) is 11.4. The normalized spacial score (nSPS) is 14.5. The SMILES string of the molecule is Cc1cc(C)c(S(=O)(=O)Nc2ccc(N3CCCN(c4ncccn4)CC3)cc2C(=O)O)c(C)c1. The summed E-state index contributed by atoms with van der Waals surface area (Å²) < 4.78 is 28.9. The van der Waals surface area contributed by atoms with E-state index in [9.17, 15) is 18.3 Å². The first-order valence-corrected chi connectivity index (χ1v) is 12.9. The fraction of sp³-hybridized carbons (Fsp3) is 0.320. The molecule has 9 nitrogen and oxygen atoms in total. The van der Waals surface area contributed by atoms with Crippen molar-refractivity contribution in [3.8, 4) is 0 Å². The zero-order valence-corrected chi connectivity index (χ0v) is 20.8. The standard InChI is InChI=1S/C25H29N5O4S/c1-17-14-18(2)23(19(3)15-17)35(33,34)28-22-7-6-20(16-21(22)24(31)32)29-10-5-11-30(13-12-29)25-26-8-4-9-27-25/h4,6-9,14-16,28H,5,10-13H2,1-3H3,(H,31,32). The van der Waals surface area contributed by atoms with E-state index >= 15 is 0 Å². The van der Waals surface area contributed by atoms with E-state index < -0.39 is 16.0 Å². The van der Waals surface area contributed by atoms with Gasteiger partial charge in [-0.1, -0.05) is 17.7 Å². The Morgan fingerprint density at radius 1 is 0.943 bits per heavy atom. The smallest absolute Gasteiger partial charge is 0.337 e. The molecule has 0 bridgehead atoms. The number of hydrogen-bond acceptors (Lipinski definition) is 7. The van der Waals surface area contributed by atoms with Crippen LogP contribution in [0.3, 0.4) is 0 Å². The van der Waals surface area contributed by atoms with Gasteiger partial charge < -0.3 is 14.9 Å². The molecule has 1 aliphatic heterocycles. The fourth-order valence-corrected chi connectivity index (χ4v) is 6.15. The van der Waals surface area contributed by atoms with Gasteiger partial charge in [0.2, 0.25) is 5.95 Å². The number of nitrogens with zero attached hydrogens (tertiary/aromatic N) is 4. The Balaban J connectivity index is 1.59. The van der Waals surface area contributed by atoms with Crippen molar-refractivity contribution >= 4 is 33.3 Å². The summed E-state index contributed by atoms with van der Waals surface area (Å²) in [6, 6.07) is 10.2. The van der Waals surface area contributed by atoms with Crippen molar-refractivity contribution in [1.82, 2.24) is 9.97 Å². The highest BCUT2D eigenvalue weighted by molar-refractivity contribution is 7.92. The van der Waals surface area contributed by atoms with Gasteiger partial charge in [0.1, 0.15) is 0 Å². The second-order valence-electron chi connectivity index (χ2n) is 8.74. The Hall–Kier alpha value is -3.66. The second-order valence-corrected chi connectivity index (χ2v) is 10.4. The molecule has 1 aliphatic rings. The molecule has 3 aromatic rings. The van der Waals surface area contributed by atoms with E-state index in [0.717, 1.165) is 30.8 Å². The van der Waals surface area contributed by atoms with Crippen LogP contribution in [-0.2, 0) is 10.0 Å². The van der Waals surface area contributed by atoms with Crippen LogP contribution in [0.2, 0.25) is 0 Å². The molecule has 1 fully saturated rings. The number of sulfonamides is 1. The summed E-state index contributed by atoms with van der Waals surface area (Å²) in [7, 11) is -3.98. The average molecular weight is 496 g/mol. The summed E-state index contributed by atoms with van der Waals surface area (Å²) in [4.78, 5) is 25.1. The third-order valence-corrected chi connectivity index (χ3v) is 7.72. The van der Waals surface area contributed by atoms with E-state index in [-0.39, 0.29) is 16.1 Å². The first-order chi connectivity index (χ1) is 16.7. The lowest BCUT2D eigenvalue weighted by Gasteiger charge is -2.24. The lowest BCUT2D eigenvalue weighted by atomic mass is 10.1. The van der Waals surface area contributed by atoms with Crippen LogP contribution in [0.4, 0.5) is 17.3 Å². The topological polar surface area (TPSA) is 116 Å². The van der Waals surface area contributed by atoms with Crippen molar-refractivity contribution < 1.29 is 18.3 Å². The molecular weight excluding hydrogens is 466 g/mol. The van der Waals surface area contributed by atoms with Gasteiger partial charge in [-0.3, -0.25) is 4.72 Å². The van der Waals surface area contributed by atoms with Gasteiger partial charge in [0.15, 0.2) is 0 Å². The van der Waals surface area contributed by atoms with Crippen LogP contribution < -0.4 is 14.5 Å². The Morgan fingerprint density at radius 2 is 1.57 bits per heavy atom. The highest BCUT2D eigenvalue weighted by Crippen LogP contribution is 2.29. The number of rotatable bonds is 6. The number of benzene rings is 2. The van der Waals surface area contributed by atoms with Gasteiger partial charge in [0, 0.05) is 44.3 Å². The predicted molar refractivity (Wildman–Crippen MR) is 136 cm³/mol. The van der Waals surface area contributed by atoms with Gasteiger partial charge in [0.25, 0.3) is 10.0 Å². The van der Waals surface area contributed by atoms with Crippen molar-refractivity contribution in [2.24, 2.45) is 0 Å². The number of carbonyl (C=O) groups is 1. The molecule has 184 valence electrons. The van der Waals surface area contributed by atoms with Crippen LogP contribution >= 0.6 is 0 Å². The lowest BCUT2D eigenvalue weighted by Crippen LogP contribution is -2.31. The van der Waals surface area contributed by atoms with Crippen LogP contribution in [0.1, 0.15) is 33.5 Å². The fourth-order valence-electron chi connectivity index (χ4n) is 4.61. The molecule has 10 heteroatoms. The van der Waals surface area contributed by atoms with Gasteiger partial charge >= 0.3 is 5.97 Å². The third-order valence-electron chi connectivity index (χ3n) is 6.05. The Bertz CT molecular complexity index is 1320. The Morgan fingerprint density at radius 3 is 2.23 bits per heavy atom. The van der Waals surface area contributed by atoms with Crippen molar-refractivity contribution in [3.63, 3.8) is 0 Å². The average Bonchev–Trinajstić information content (AvgIpc) is 3.05. The Kier molecular flexibility index (Phi) is 6.93. The molecule has 35 heavy (non-hydrogen) atoms. The monoisotopic (exact) mass is 495 g/mol. The van der Waals surface area contributed by atoms with Gasteiger partial charge in [-0.05, 0) is 62.6 Å². The second kappa shape index (κ2) is 9.91. The molecule has 0 aliphatic carbocycles. The summed E-state index contributed by atoms with van der Waals surface area (Å²) in [5, 5.41) is 9.87. The molecule has 0 amide bonds. The summed E-state index contributed by atoms with van der Waals surface area (Å²) in [5.74, 6) is -0.525. The molecule has 0 spiro atoms. The number of hydrogen-bond donors (Lipinski definition) is 2. The zero-order chi connectivity index (χ0) is 25.2. The molecule has 1 aromatic heterocycles. The van der Waals surface area contributed by atoms with Crippen LogP contribution in [-0.4, -0.2) is 55.6 Å². The highest BCUT2D eigenvalue weighted by Gasteiger charge is 2.24. The minimum atomic E-state index is -3.98.